The van der Waals surface area contributed by atoms with Gasteiger partial charge in [0, 0.05) is 11.6 Å². The second-order valence-corrected chi connectivity index (χ2v) is 9.66. The van der Waals surface area contributed by atoms with Crippen LogP contribution in [0, 0.1) is 12.8 Å². The maximum atomic E-state index is 13.3. The first kappa shape index (κ1) is 21.7. The van der Waals surface area contributed by atoms with Gasteiger partial charge < -0.3 is 9.64 Å². The molecule has 0 saturated heterocycles. The number of carbonyl (C=O) groups is 1. The molecular formula is C26H24ClN3O2S. The Morgan fingerprint density at radius 2 is 1.88 bits per heavy atom. The van der Waals surface area contributed by atoms with Gasteiger partial charge in [0.15, 0.2) is 0 Å². The van der Waals surface area contributed by atoms with Gasteiger partial charge in [0.1, 0.15) is 5.75 Å². The minimum absolute atomic E-state index is 0.0567. The van der Waals surface area contributed by atoms with Gasteiger partial charge in [-0.15, -0.1) is 11.3 Å². The summed E-state index contributed by atoms with van der Waals surface area (Å²) in [5.41, 5.74) is 2.64. The number of hydrogen-bond acceptors (Lipinski definition) is 4. The van der Waals surface area contributed by atoms with Gasteiger partial charge in [-0.2, -0.15) is 5.10 Å². The quantitative estimate of drug-likeness (QED) is 0.282. The number of aryl methyl sites for hydroxylation is 1. The summed E-state index contributed by atoms with van der Waals surface area (Å²) in [6.45, 7) is 3.15. The minimum atomic E-state index is 0.0567. The molecule has 2 aromatic heterocycles. The van der Waals surface area contributed by atoms with E-state index in [4.69, 9.17) is 21.4 Å². The van der Waals surface area contributed by atoms with E-state index in [1.54, 1.807) is 12.1 Å². The highest BCUT2D eigenvalue weighted by atomic mass is 35.5. The standard InChI is InChI=1S/C26H24ClN3O2S/c1-18-23(17-29(16-19-9-10-19)25(31)24-8-5-15-33-24)26(32-22-13-11-20(27)12-14-22)30(28-18)21-6-3-2-4-7-21/h2-8,11-15,19H,9-10,16-17H2,1H3. The summed E-state index contributed by atoms with van der Waals surface area (Å²) in [5.74, 6) is 1.90. The number of nitrogens with zero attached hydrogens (tertiary/aromatic N) is 3. The molecule has 5 nitrogen and oxygen atoms in total. The van der Waals surface area contributed by atoms with Crippen LogP contribution in [-0.4, -0.2) is 27.1 Å². The Hall–Kier alpha value is -3.09. The number of carbonyl (C=O) groups excluding carboxylic acids is 1. The molecule has 0 radical (unpaired) electrons. The van der Waals surface area contributed by atoms with E-state index in [2.05, 4.69) is 0 Å². The Kier molecular flexibility index (Phi) is 6.20. The zero-order chi connectivity index (χ0) is 22.8. The lowest BCUT2D eigenvalue weighted by atomic mass is 10.2. The van der Waals surface area contributed by atoms with Crippen molar-refractivity contribution < 1.29 is 9.53 Å². The summed E-state index contributed by atoms with van der Waals surface area (Å²) in [6, 6.07) is 21.0. The van der Waals surface area contributed by atoms with Crippen molar-refractivity contribution in [1.82, 2.24) is 14.7 Å². The van der Waals surface area contributed by atoms with Crippen molar-refractivity contribution in [1.29, 1.82) is 0 Å². The monoisotopic (exact) mass is 477 g/mol. The molecule has 0 bridgehead atoms. The van der Waals surface area contributed by atoms with Gasteiger partial charge in [-0.3, -0.25) is 4.79 Å². The highest BCUT2D eigenvalue weighted by Gasteiger charge is 2.30. The molecule has 0 aliphatic heterocycles. The molecule has 0 atom stereocenters. The summed E-state index contributed by atoms with van der Waals surface area (Å²) in [4.78, 5) is 16.0. The number of thiophene rings is 1. The lowest BCUT2D eigenvalue weighted by Gasteiger charge is -2.23. The van der Waals surface area contributed by atoms with Crippen LogP contribution in [-0.2, 0) is 6.54 Å². The molecule has 1 aliphatic carbocycles. The average Bonchev–Trinajstić information content (AvgIpc) is 3.37. The fourth-order valence-corrected chi connectivity index (χ4v) is 4.58. The average molecular weight is 478 g/mol. The number of aromatic nitrogens is 2. The molecule has 168 valence electrons. The van der Waals surface area contributed by atoms with Crippen LogP contribution in [0.4, 0.5) is 0 Å². The van der Waals surface area contributed by atoms with Gasteiger partial charge >= 0.3 is 0 Å². The van der Waals surface area contributed by atoms with E-state index in [1.165, 1.54) is 24.2 Å². The summed E-state index contributed by atoms with van der Waals surface area (Å²) < 4.78 is 8.18. The van der Waals surface area contributed by atoms with Crippen molar-refractivity contribution in [3.05, 3.63) is 93.3 Å². The molecule has 0 spiro atoms. The fraction of sp³-hybridized carbons (Fsp3) is 0.231. The molecule has 7 heteroatoms. The first-order chi connectivity index (χ1) is 16.1. The lowest BCUT2D eigenvalue weighted by molar-refractivity contribution is 0.0738. The molecular weight excluding hydrogens is 454 g/mol. The molecule has 1 saturated carbocycles. The summed E-state index contributed by atoms with van der Waals surface area (Å²) in [7, 11) is 0. The minimum Gasteiger partial charge on any atom is -0.439 e. The van der Waals surface area contributed by atoms with Crippen LogP contribution >= 0.6 is 22.9 Å². The molecule has 5 rings (SSSR count). The number of amides is 1. The predicted octanol–water partition coefficient (Wildman–Crippen LogP) is 6.74. The summed E-state index contributed by atoms with van der Waals surface area (Å²) >= 11 is 7.54. The van der Waals surface area contributed by atoms with E-state index < -0.39 is 0 Å². The third kappa shape index (κ3) is 4.97. The van der Waals surface area contributed by atoms with Crippen LogP contribution < -0.4 is 4.74 Å². The van der Waals surface area contributed by atoms with E-state index in [0.717, 1.165) is 28.4 Å². The first-order valence-corrected chi connectivity index (χ1v) is 12.2. The van der Waals surface area contributed by atoms with Crippen molar-refractivity contribution >= 4 is 28.8 Å². The normalized spacial score (nSPS) is 13.2. The fourth-order valence-electron chi connectivity index (χ4n) is 3.76. The first-order valence-electron chi connectivity index (χ1n) is 11.0. The third-order valence-electron chi connectivity index (χ3n) is 5.71. The van der Waals surface area contributed by atoms with E-state index >= 15 is 0 Å². The van der Waals surface area contributed by atoms with Gasteiger partial charge in [0.2, 0.25) is 5.88 Å². The van der Waals surface area contributed by atoms with Gasteiger partial charge in [-0.05, 0) is 73.5 Å². The number of benzene rings is 2. The van der Waals surface area contributed by atoms with E-state index in [0.29, 0.717) is 29.1 Å². The van der Waals surface area contributed by atoms with Gasteiger partial charge in [0.25, 0.3) is 5.91 Å². The number of hydrogen-bond donors (Lipinski definition) is 0. The van der Waals surface area contributed by atoms with Crippen LogP contribution in [0.5, 0.6) is 11.6 Å². The van der Waals surface area contributed by atoms with Crippen LogP contribution in [0.1, 0.15) is 33.8 Å². The molecule has 1 fully saturated rings. The second-order valence-electron chi connectivity index (χ2n) is 8.28. The summed E-state index contributed by atoms with van der Waals surface area (Å²) in [5, 5.41) is 7.38. The van der Waals surface area contributed by atoms with Crippen LogP contribution in [0.2, 0.25) is 5.02 Å². The molecule has 0 unspecified atom stereocenters. The molecule has 4 aromatic rings. The smallest absolute Gasteiger partial charge is 0.264 e. The predicted molar refractivity (Wildman–Crippen MR) is 132 cm³/mol. The largest absolute Gasteiger partial charge is 0.439 e. The van der Waals surface area contributed by atoms with Crippen LogP contribution in [0.3, 0.4) is 0 Å². The number of rotatable bonds is 8. The van der Waals surface area contributed by atoms with Crippen molar-refractivity contribution in [3.8, 4) is 17.3 Å². The Morgan fingerprint density at radius 1 is 1.12 bits per heavy atom. The van der Waals surface area contributed by atoms with Crippen LogP contribution in [0.15, 0.2) is 72.1 Å². The third-order valence-corrected chi connectivity index (χ3v) is 6.82. The van der Waals surface area contributed by atoms with E-state index in [-0.39, 0.29) is 5.91 Å². The summed E-state index contributed by atoms with van der Waals surface area (Å²) in [6.07, 6.45) is 2.34. The van der Waals surface area contributed by atoms with Crippen molar-refractivity contribution in [2.24, 2.45) is 5.92 Å². The zero-order valence-electron chi connectivity index (χ0n) is 18.3. The number of para-hydroxylation sites is 1. The Morgan fingerprint density at radius 3 is 2.55 bits per heavy atom. The lowest BCUT2D eigenvalue weighted by Crippen LogP contribution is -2.32. The van der Waals surface area contributed by atoms with Gasteiger partial charge in [-0.1, -0.05) is 35.9 Å². The number of halogens is 1. The van der Waals surface area contributed by atoms with Crippen LogP contribution in [0.25, 0.3) is 5.69 Å². The molecule has 2 aromatic carbocycles. The molecule has 1 aliphatic rings. The van der Waals surface area contributed by atoms with E-state index in [9.17, 15) is 4.79 Å². The van der Waals surface area contributed by atoms with Crippen molar-refractivity contribution in [2.45, 2.75) is 26.3 Å². The van der Waals surface area contributed by atoms with Crippen molar-refractivity contribution in [3.63, 3.8) is 0 Å². The zero-order valence-corrected chi connectivity index (χ0v) is 19.9. The highest BCUT2D eigenvalue weighted by Crippen LogP contribution is 2.35. The van der Waals surface area contributed by atoms with Crippen molar-refractivity contribution in [2.75, 3.05) is 6.54 Å². The maximum Gasteiger partial charge on any atom is 0.264 e. The Labute approximate surface area is 202 Å². The van der Waals surface area contributed by atoms with E-state index in [1.807, 2.05) is 76.5 Å². The molecule has 0 N–H and O–H groups in total. The molecule has 33 heavy (non-hydrogen) atoms. The highest BCUT2D eigenvalue weighted by molar-refractivity contribution is 7.12. The topological polar surface area (TPSA) is 47.4 Å². The second kappa shape index (κ2) is 9.41. The Bertz CT molecular complexity index is 1230. The Balaban J connectivity index is 1.54. The SMILES string of the molecule is Cc1nn(-c2ccccc2)c(Oc2ccc(Cl)cc2)c1CN(CC1CC1)C(=O)c1cccs1. The van der Waals surface area contributed by atoms with Gasteiger partial charge in [0.05, 0.1) is 28.4 Å². The number of ether oxygens (including phenoxy) is 1. The van der Waals surface area contributed by atoms with Gasteiger partial charge in [-0.25, -0.2) is 4.68 Å². The maximum absolute atomic E-state index is 13.3. The molecule has 1 amide bonds. The molecule has 2 heterocycles.